The number of benzene rings is 1. The summed E-state index contributed by atoms with van der Waals surface area (Å²) >= 11 is 0. The van der Waals surface area contributed by atoms with E-state index < -0.39 is 105 Å². The smallest absolute Gasteiger partial charge is 0.417 e. The number of hydrogen-bond donors (Lipinski definition) is 6. The number of Topliss-reactive ketones (excluding diaryl/α,β-unsaturated/α-hetero) is 2. The van der Waals surface area contributed by atoms with Crippen LogP contribution in [0.3, 0.4) is 0 Å². The van der Waals surface area contributed by atoms with Gasteiger partial charge in [0.05, 0.1) is 17.2 Å². The van der Waals surface area contributed by atoms with Gasteiger partial charge in [0.25, 0.3) is 5.91 Å². The fourth-order valence-corrected chi connectivity index (χ4v) is 7.11. The van der Waals surface area contributed by atoms with Crippen molar-refractivity contribution in [1.82, 2.24) is 10.2 Å². The summed E-state index contributed by atoms with van der Waals surface area (Å²) < 4.78 is 43.8. The molecule has 0 bridgehead atoms. The number of amides is 1. The van der Waals surface area contributed by atoms with E-state index in [1.165, 1.54) is 4.90 Å². The van der Waals surface area contributed by atoms with E-state index in [0.29, 0.717) is 19.4 Å². The zero-order valence-electron chi connectivity index (χ0n) is 22.7. The van der Waals surface area contributed by atoms with Crippen LogP contribution in [0.15, 0.2) is 28.7 Å². The highest BCUT2D eigenvalue weighted by Gasteiger charge is 2.64. The van der Waals surface area contributed by atoms with Gasteiger partial charge < -0.3 is 31.5 Å². The highest BCUT2D eigenvalue weighted by molar-refractivity contribution is 6.24. The van der Waals surface area contributed by atoms with E-state index >= 15 is 0 Å². The SMILES string of the molecule is CC(C)N(C)[C@@H]1C(O)=C(C(N)=O)C(=O)[C@@]2(O)C(O)=C3C(=O)c4c(O)cc(C5CCCN5)c(C(F)(F)F)c4C[C@H]3C[C@@H]12. The standard InChI is InChI=1S/C28H32F3N3O7/c1-10(2)34(3)21-14-8-11-7-13-18(16(35)9-12(15-5-4-6-33-15)20(13)28(29,30)31)22(36)17(11)24(38)27(14,41)25(39)19(23(21)37)26(32)40/h9-11,14-15,21,33,35,37-38,41H,4-8H2,1-3H3,(H2,32,40)/t11-,14-,15?,21-,27-/m0/s1. The van der Waals surface area contributed by atoms with Crippen molar-refractivity contribution in [2.45, 2.75) is 69.4 Å². The van der Waals surface area contributed by atoms with Gasteiger partial charge in [0.2, 0.25) is 5.78 Å². The van der Waals surface area contributed by atoms with Crippen LogP contribution in [0.1, 0.15) is 66.2 Å². The molecule has 7 N–H and O–H groups in total. The van der Waals surface area contributed by atoms with Crippen molar-refractivity contribution in [2.24, 2.45) is 17.6 Å². The molecule has 10 nitrogen and oxygen atoms in total. The van der Waals surface area contributed by atoms with Gasteiger partial charge in [-0.2, -0.15) is 13.2 Å². The summed E-state index contributed by atoms with van der Waals surface area (Å²) in [5.74, 6) is -8.94. The Bertz CT molecular complexity index is 1430. The maximum Gasteiger partial charge on any atom is 0.417 e. The van der Waals surface area contributed by atoms with Crippen LogP contribution in [0.4, 0.5) is 13.2 Å². The third kappa shape index (κ3) is 4.08. The lowest BCUT2D eigenvalue weighted by molar-refractivity contribution is -0.149. The average Bonchev–Trinajstić information content (AvgIpc) is 3.39. The van der Waals surface area contributed by atoms with Crippen molar-refractivity contribution in [3.05, 3.63) is 51.0 Å². The van der Waals surface area contributed by atoms with E-state index in [9.17, 15) is 48.0 Å². The first kappa shape index (κ1) is 29.1. The Kier molecular flexibility index (Phi) is 6.79. The van der Waals surface area contributed by atoms with Crippen LogP contribution >= 0.6 is 0 Å². The van der Waals surface area contributed by atoms with E-state index in [2.05, 4.69) is 5.32 Å². The maximum absolute atomic E-state index is 14.6. The number of aliphatic hydroxyl groups excluding tert-OH is 2. The zero-order valence-corrected chi connectivity index (χ0v) is 22.7. The number of halogens is 3. The molecular weight excluding hydrogens is 547 g/mol. The largest absolute Gasteiger partial charge is 0.510 e. The number of aliphatic hydroxyl groups is 3. The first-order valence-corrected chi connectivity index (χ1v) is 13.4. The first-order valence-electron chi connectivity index (χ1n) is 13.4. The second-order valence-electron chi connectivity index (χ2n) is 11.6. The van der Waals surface area contributed by atoms with Gasteiger partial charge in [-0.1, -0.05) is 0 Å². The van der Waals surface area contributed by atoms with E-state index in [-0.39, 0.29) is 18.0 Å². The molecule has 0 radical (unpaired) electrons. The maximum atomic E-state index is 14.6. The van der Waals surface area contributed by atoms with Gasteiger partial charge in [0, 0.05) is 23.6 Å². The number of nitrogens with one attached hydrogen (secondary N) is 1. The molecule has 0 spiro atoms. The van der Waals surface area contributed by atoms with E-state index in [1.807, 2.05) is 0 Å². The number of alkyl halides is 3. The Balaban J connectivity index is 1.75. The van der Waals surface area contributed by atoms with Crippen LogP contribution < -0.4 is 11.1 Å². The molecule has 1 fully saturated rings. The van der Waals surface area contributed by atoms with Crippen molar-refractivity contribution in [3.8, 4) is 5.75 Å². The van der Waals surface area contributed by atoms with Gasteiger partial charge in [0.1, 0.15) is 22.8 Å². The molecule has 4 aliphatic rings. The van der Waals surface area contributed by atoms with Gasteiger partial charge in [0.15, 0.2) is 11.4 Å². The highest BCUT2D eigenvalue weighted by Crippen LogP contribution is 2.54. The lowest BCUT2D eigenvalue weighted by atomic mass is 9.58. The number of carbonyl (C=O) groups is 3. The molecule has 5 atom stereocenters. The number of aromatic hydroxyl groups is 1. The van der Waals surface area contributed by atoms with Crippen molar-refractivity contribution < 1.29 is 48.0 Å². The number of fused-ring (bicyclic) bond motifs is 3. The molecule has 1 unspecified atom stereocenters. The van der Waals surface area contributed by atoms with E-state index in [1.54, 1.807) is 20.9 Å². The second kappa shape index (κ2) is 9.57. The van der Waals surface area contributed by atoms with Crippen molar-refractivity contribution in [2.75, 3.05) is 13.6 Å². The van der Waals surface area contributed by atoms with E-state index in [4.69, 9.17) is 5.73 Å². The Morgan fingerprint density at radius 1 is 1.22 bits per heavy atom. The van der Waals surface area contributed by atoms with Gasteiger partial charge in [-0.05, 0) is 76.2 Å². The topological polar surface area (TPSA) is 173 Å². The predicted octanol–water partition coefficient (Wildman–Crippen LogP) is 2.34. The second-order valence-corrected chi connectivity index (χ2v) is 11.6. The van der Waals surface area contributed by atoms with Crippen LogP contribution in [0.2, 0.25) is 0 Å². The molecule has 1 aliphatic heterocycles. The Morgan fingerprint density at radius 2 is 1.88 bits per heavy atom. The molecule has 3 aliphatic carbocycles. The molecule has 1 heterocycles. The van der Waals surface area contributed by atoms with Crippen molar-refractivity contribution >= 4 is 17.5 Å². The summed E-state index contributed by atoms with van der Waals surface area (Å²) in [6.45, 7) is 3.95. The number of nitrogens with two attached hydrogens (primary N) is 1. The molecule has 1 amide bonds. The summed E-state index contributed by atoms with van der Waals surface area (Å²) in [5.41, 5.74) is -1.27. The number of hydrogen-bond acceptors (Lipinski definition) is 9. The molecule has 41 heavy (non-hydrogen) atoms. The molecule has 222 valence electrons. The highest BCUT2D eigenvalue weighted by atomic mass is 19.4. The molecular formula is C28H32F3N3O7. The summed E-state index contributed by atoms with van der Waals surface area (Å²) in [5, 5.41) is 48.0. The summed E-state index contributed by atoms with van der Waals surface area (Å²) in [7, 11) is 1.54. The van der Waals surface area contributed by atoms with Gasteiger partial charge in [-0.25, -0.2) is 0 Å². The quantitative estimate of drug-likeness (QED) is 0.293. The van der Waals surface area contributed by atoms with Gasteiger partial charge in [-0.3, -0.25) is 19.3 Å². The monoisotopic (exact) mass is 579 g/mol. The number of carbonyl (C=O) groups excluding carboxylic acids is 3. The predicted molar refractivity (Wildman–Crippen MR) is 138 cm³/mol. The number of phenols is 1. The fraction of sp³-hybridized carbons (Fsp3) is 0.536. The number of phenolic OH excluding ortho intramolecular Hbond substituents is 1. The number of primary amides is 1. The van der Waals surface area contributed by atoms with Crippen LogP contribution in [-0.2, 0) is 22.2 Å². The van der Waals surface area contributed by atoms with Crippen LogP contribution in [-0.4, -0.2) is 74.1 Å². The third-order valence-electron chi connectivity index (χ3n) is 9.17. The number of ketones is 2. The molecule has 1 aromatic rings. The zero-order chi connectivity index (χ0) is 30.3. The molecule has 1 aromatic carbocycles. The van der Waals surface area contributed by atoms with Crippen LogP contribution in [0.25, 0.3) is 0 Å². The first-order chi connectivity index (χ1) is 19.0. The van der Waals surface area contributed by atoms with E-state index in [0.717, 1.165) is 6.07 Å². The molecule has 0 aromatic heterocycles. The summed E-state index contributed by atoms with van der Waals surface area (Å²) in [4.78, 5) is 41.0. The summed E-state index contributed by atoms with van der Waals surface area (Å²) in [6.07, 6.45) is -4.58. The Hall–Kier alpha value is -3.42. The minimum atomic E-state index is -4.88. The minimum Gasteiger partial charge on any atom is -0.510 e. The van der Waals surface area contributed by atoms with Crippen molar-refractivity contribution in [1.29, 1.82) is 0 Å². The fourth-order valence-electron chi connectivity index (χ4n) is 7.11. The molecule has 5 rings (SSSR count). The lowest BCUT2D eigenvalue weighted by Gasteiger charge is -2.51. The summed E-state index contributed by atoms with van der Waals surface area (Å²) in [6, 6.07) is -1.35. The number of likely N-dealkylation sites (N-methyl/N-ethyl adjacent to an activating group) is 1. The Morgan fingerprint density at radius 3 is 2.41 bits per heavy atom. The number of nitrogens with zero attached hydrogens (tertiary/aromatic N) is 1. The van der Waals surface area contributed by atoms with Crippen LogP contribution in [0.5, 0.6) is 5.75 Å². The average molecular weight is 580 g/mol. The van der Waals surface area contributed by atoms with Gasteiger partial charge in [-0.15, -0.1) is 0 Å². The van der Waals surface area contributed by atoms with Crippen LogP contribution in [0, 0.1) is 11.8 Å². The minimum absolute atomic E-state index is 0.181. The lowest BCUT2D eigenvalue weighted by Crippen LogP contribution is -2.64. The third-order valence-corrected chi connectivity index (χ3v) is 9.17. The Labute approximate surface area is 233 Å². The molecule has 0 saturated carbocycles. The molecule has 13 heteroatoms. The number of allylic oxidation sites excluding steroid dienone is 1. The molecule has 1 saturated heterocycles. The normalized spacial score (nSPS) is 30.2. The van der Waals surface area contributed by atoms with Crippen molar-refractivity contribution in [3.63, 3.8) is 0 Å². The van der Waals surface area contributed by atoms with Gasteiger partial charge >= 0.3 is 6.18 Å². The number of rotatable bonds is 4.